The molecule has 5 nitrogen and oxygen atoms in total. The standard InChI is InChI=1S/C14H25N3O2S/c1-4-16-10-14(7-13(16)8-15)20(18,19)17-6-5-11(2)12(3)9-17/h7,10-12H,4-6,8-9,15H2,1-3H3. The fourth-order valence-electron chi connectivity index (χ4n) is 2.72. The molecule has 2 rings (SSSR count). The predicted octanol–water partition coefficient (Wildman–Crippen LogP) is 1.63. The summed E-state index contributed by atoms with van der Waals surface area (Å²) in [6.07, 6.45) is 2.64. The highest BCUT2D eigenvalue weighted by molar-refractivity contribution is 7.89. The van der Waals surface area contributed by atoms with Crippen molar-refractivity contribution < 1.29 is 8.42 Å². The molecule has 2 N–H and O–H groups in total. The van der Waals surface area contributed by atoms with Crippen LogP contribution >= 0.6 is 0 Å². The number of aromatic nitrogens is 1. The minimum Gasteiger partial charge on any atom is -0.349 e. The number of nitrogens with zero attached hydrogens (tertiary/aromatic N) is 2. The maximum atomic E-state index is 12.7. The second kappa shape index (κ2) is 5.87. The number of nitrogens with two attached hydrogens (primary N) is 1. The van der Waals surface area contributed by atoms with Gasteiger partial charge in [0.15, 0.2) is 0 Å². The Morgan fingerprint density at radius 1 is 1.35 bits per heavy atom. The highest BCUT2D eigenvalue weighted by Gasteiger charge is 2.32. The zero-order valence-corrected chi connectivity index (χ0v) is 13.4. The van der Waals surface area contributed by atoms with Crippen molar-refractivity contribution in [2.45, 2.75) is 45.2 Å². The van der Waals surface area contributed by atoms with Gasteiger partial charge in [-0.3, -0.25) is 0 Å². The quantitative estimate of drug-likeness (QED) is 0.919. The molecule has 0 saturated carbocycles. The maximum absolute atomic E-state index is 12.7. The van der Waals surface area contributed by atoms with Crippen molar-refractivity contribution in [3.63, 3.8) is 0 Å². The van der Waals surface area contributed by atoms with Crippen LogP contribution in [-0.4, -0.2) is 30.4 Å². The van der Waals surface area contributed by atoms with Crippen LogP contribution in [0.3, 0.4) is 0 Å². The first kappa shape index (κ1) is 15.5. The summed E-state index contributed by atoms with van der Waals surface area (Å²) in [7, 11) is -3.38. The van der Waals surface area contributed by atoms with Gasteiger partial charge < -0.3 is 10.3 Å². The Morgan fingerprint density at radius 2 is 2.05 bits per heavy atom. The van der Waals surface area contributed by atoms with E-state index in [4.69, 9.17) is 5.73 Å². The van der Waals surface area contributed by atoms with Gasteiger partial charge in [-0.1, -0.05) is 13.8 Å². The number of piperidine rings is 1. The second-order valence-electron chi connectivity index (χ2n) is 5.76. The Balaban J connectivity index is 2.28. The van der Waals surface area contributed by atoms with Gasteiger partial charge >= 0.3 is 0 Å². The van der Waals surface area contributed by atoms with Gasteiger partial charge in [0.25, 0.3) is 0 Å². The molecule has 1 aromatic rings. The Kier molecular flexibility index (Phi) is 4.56. The summed E-state index contributed by atoms with van der Waals surface area (Å²) < 4.78 is 28.9. The van der Waals surface area contributed by atoms with Gasteiger partial charge in [-0.05, 0) is 31.2 Å². The van der Waals surface area contributed by atoms with E-state index >= 15 is 0 Å². The van der Waals surface area contributed by atoms with Gasteiger partial charge in [-0.2, -0.15) is 4.31 Å². The van der Waals surface area contributed by atoms with E-state index in [2.05, 4.69) is 13.8 Å². The summed E-state index contributed by atoms with van der Waals surface area (Å²) in [4.78, 5) is 0.376. The topological polar surface area (TPSA) is 68.3 Å². The van der Waals surface area contributed by atoms with E-state index in [1.54, 1.807) is 16.6 Å². The molecule has 114 valence electrons. The van der Waals surface area contributed by atoms with Crippen LogP contribution in [-0.2, 0) is 23.1 Å². The van der Waals surface area contributed by atoms with E-state index in [1.165, 1.54) is 0 Å². The van der Waals surface area contributed by atoms with Gasteiger partial charge in [0.1, 0.15) is 4.90 Å². The van der Waals surface area contributed by atoms with Crippen molar-refractivity contribution in [1.29, 1.82) is 0 Å². The van der Waals surface area contributed by atoms with Crippen LogP contribution in [0.25, 0.3) is 0 Å². The third kappa shape index (κ3) is 2.77. The lowest BCUT2D eigenvalue weighted by Gasteiger charge is -2.34. The molecule has 0 spiro atoms. The minimum absolute atomic E-state index is 0.358. The summed E-state index contributed by atoms with van der Waals surface area (Å²) in [5.74, 6) is 0.988. The molecule has 1 fully saturated rings. The molecule has 20 heavy (non-hydrogen) atoms. The molecule has 1 aliphatic rings. The van der Waals surface area contributed by atoms with Crippen molar-refractivity contribution in [2.24, 2.45) is 17.6 Å². The average molecular weight is 299 g/mol. The second-order valence-corrected chi connectivity index (χ2v) is 7.70. The number of aryl methyl sites for hydroxylation is 1. The molecule has 6 heteroatoms. The molecular formula is C14H25N3O2S. The lowest BCUT2D eigenvalue weighted by Crippen LogP contribution is -2.42. The predicted molar refractivity (Wildman–Crippen MR) is 79.7 cm³/mol. The smallest absolute Gasteiger partial charge is 0.244 e. The van der Waals surface area contributed by atoms with Crippen LogP contribution in [0.1, 0.15) is 32.9 Å². The van der Waals surface area contributed by atoms with E-state index in [-0.39, 0.29) is 0 Å². The molecule has 0 aromatic carbocycles. The Bertz CT molecular complexity index is 543. The largest absolute Gasteiger partial charge is 0.349 e. The summed E-state index contributed by atoms with van der Waals surface area (Å²) in [6, 6.07) is 1.71. The lowest BCUT2D eigenvalue weighted by molar-refractivity contribution is 0.212. The average Bonchev–Trinajstić information content (AvgIpc) is 2.85. The molecule has 2 unspecified atom stereocenters. The normalized spacial score (nSPS) is 25.0. The highest BCUT2D eigenvalue weighted by Crippen LogP contribution is 2.28. The summed E-state index contributed by atoms with van der Waals surface area (Å²) in [5, 5.41) is 0. The van der Waals surface area contributed by atoms with E-state index < -0.39 is 10.0 Å². The lowest BCUT2D eigenvalue weighted by atomic mass is 9.90. The van der Waals surface area contributed by atoms with Gasteiger partial charge in [-0.15, -0.1) is 0 Å². The molecule has 0 amide bonds. The summed E-state index contributed by atoms with van der Waals surface area (Å²) in [5.41, 5.74) is 6.54. The molecule has 1 saturated heterocycles. The zero-order chi connectivity index (χ0) is 14.9. The third-order valence-electron chi connectivity index (χ3n) is 4.45. The van der Waals surface area contributed by atoms with Gasteiger partial charge in [0.2, 0.25) is 10.0 Å². The Labute approximate surface area is 121 Å². The first-order valence-corrected chi connectivity index (χ1v) is 8.73. The SMILES string of the molecule is CCn1cc(S(=O)(=O)N2CCC(C)C(C)C2)cc1CN. The first-order chi connectivity index (χ1) is 9.40. The third-order valence-corrected chi connectivity index (χ3v) is 6.28. The van der Waals surface area contributed by atoms with Gasteiger partial charge in [0.05, 0.1) is 0 Å². The van der Waals surface area contributed by atoms with Crippen molar-refractivity contribution in [2.75, 3.05) is 13.1 Å². The van der Waals surface area contributed by atoms with Crippen LogP contribution in [0.2, 0.25) is 0 Å². The monoisotopic (exact) mass is 299 g/mol. The van der Waals surface area contributed by atoms with E-state index in [0.29, 0.717) is 36.4 Å². The Morgan fingerprint density at radius 3 is 2.55 bits per heavy atom. The van der Waals surface area contributed by atoms with Crippen molar-refractivity contribution in [1.82, 2.24) is 8.87 Å². The van der Waals surface area contributed by atoms with E-state index in [9.17, 15) is 8.42 Å². The Hall–Kier alpha value is -0.850. The highest BCUT2D eigenvalue weighted by atomic mass is 32.2. The fraction of sp³-hybridized carbons (Fsp3) is 0.714. The van der Waals surface area contributed by atoms with Crippen LogP contribution in [0.5, 0.6) is 0 Å². The number of sulfonamides is 1. The molecule has 0 radical (unpaired) electrons. The molecule has 2 heterocycles. The van der Waals surface area contributed by atoms with Gasteiger partial charge in [-0.25, -0.2) is 8.42 Å². The zero-order valence-electron chi connectivity index (χ0n) is 12.5. The van der Waals surface area contributed by atoms with Crippen molar-refractivity contribution >= 4 is 10.0 Å². The van der Waals surface area contributed by atoms with Crippen LogP contribution in [0.15, 0.2) is 17.2 Å². The molecule has 1 aliphatic heterocycles. The van der Waals surface area contributed by atoms with Gasteiger partial charge in [0, 0.05) is 38.1 Å². The molecule has 1 aromatic heterocycles. The number of rotatable bonds is 4. The van der Waals surface area contributed by atoms with Crippen molar-refractivity contribution in [3.8, 4) is 0 Å². The number of hydrogen-bond acceptors (Lipinski definition) is 3. The van der Waals surface area contributed by atoms with Crippen molar-refractivity contribution in [3.05, 3.63) is 18.0 Å². The maximum Gasteiger partial charge on any atom is 0.244 e. The fourth-order valence-corrected chi connectivity index (χ4v) is 4.35. The summed E-state index contributed by atoms with van der Waals surface area (Å²) in [6.45, 7) is 8.61. The molecule has 2 atom stereocenters. The summed E-state index contributed by atoms with van der Waals surface area (Å²) >= 11 is 0. The molecule has 0 bridgehead atoms. The van der Waals surface area contributed by atoms with Crippen LogP contribution in [0, 0.1) is 11.8 Å². The van der Waals surface area contributed by atoms with E-state index in [1.807, 2.05) is 11.5 Å². The van der Waals surface area contributed by atoms with Crippen LogP contribution < -0.4 is 5.73 Å². The van der Waals surface area contributed by atoms with E-state index in [0.717, 1.165) is 18.7 Å². The first-order valence-electron chi connectivity index (χ1n) is 7.29. The number of hydrogen-bond donors (Lipinski definition) is 1. The molecular weight excluding hydrogens is 274 g/mol. The minimum atomic E-state index is -3.38. The molecule has 0 aliphatic carbocycles. The van der Waals surface area contributed by atoms with Crippen LogP contribution in [0.4, 0.5) is 0 Å².